The summed E-state index contributed by atoms with van der Waals surface area (Å²) >= 11 is 1.55. The van der Waals surface area contributed by atoms with Crippen LogP contribution in [0.2, 0.25) is 0 Å². The molecule has 0 radical (unpaired) electrons. The maximum atomic E-state index is 12.0. The first-order valence-electron chi connectivity index (χ1n) is 6.64. The Bertz CT molecular complexity index is 715. The van der Waals surface area contributed by atoms with Crippen LogP contribution in [0.3, 0.4) is 0 Å². The number of carbonyl (C=O) groups excluding carboxylic acids is 2. The van der Waals surface area contributed by atoms with Gasteiger partial charge in [0.2, 0.25) is 0 Å². The minimum absolute atomic E-state index is 0.0351. The average molecular weight is 334 g/mol. The van der Waals surface area contributed by atoms with Gasteiger partial charge in [-0.25, -0.2) is 0 Å². The maximum Gasteiger partial charge on any atom is 0.270 e. The SMILES string of the molecule is CN(Cc1cccs1)C(=O)COc1ccc([N+](=O)[O-])cc1C=O. The van der Waals surface area contributed by atoms with Gasteiger partial charge in [0.1, 0.15) is 5.75 Å². The van der Waals surface area contributed by atoms with Crippen molar-refractivity contribution in [2.45, 2.75) is 6.54 Å². The first kappa shape index (κ1) is 16.6. The molecule has 7 nitrogen and oxygen atoms in total. The Morgan fingerprint density at radius 1 is 1.43 bits per heavy atom. The second kappa shape index (κ2) is 7.50. The molecule has 0 fully saturated rings. The highest BCUT2D eigenvalue weighted by Crippen LogP contribution is 2.22. The first-order chi connectivity index (χ1) is 11.0. The molecule has 23 heavy (non-hydrogen) atoms. The summed E-state index contributed by atoms with van der Waals surface area (Å²) < 4.78 is 5.32. The second-order valence-corrected chi connectivity index (χ2v) is 5.75. The van der Waals surface area contributed by atoms with Crippen molar-refractivity contribution >= 4 is 29.2 Å². The molecule has 120 valence electrons. The zero-order valence-electron chi connectivity index (χ0n) is 12.3. The number of non-ortho nitro benzene ring substituents is 1. The summed E-state index contributed by atoms with van der Waals surface area (Å²) in [7, 11) is 1.65. The van der Waals surface area contributed by atoms with Crippen LogP contribution in [-0.2, 0) is 11.3 Å². The van der Waals surface area contributed by atoms with Crippen LogP contribution in [0.1, 0.15) is 15.2 Å². The molecule has 0 unspecified atom stereocenters. The monoisotopic (exact) mass is 334 g/mol. The highest BCUT2D eigenvalue weighted by molar-refractivity contribution is 7.09. The molecule has 0 aliphatic heterocycles. The zero-order valence-corrected chi connectivity index (χ0v) is 13.1. The van der Waals surface area contributed by atoms with E-state index in [0.29, 0.717) is 12.8 Å². The third-order valence-electron chi connectivity index (χ3n) is 3.08. The van der Waals surface area contributed by atoms with E-state index >= 15 is 0 Å². The fourth-order valence-corrected chi connectivity index (χ4v) is 2.60. The number of rotatable bonds is 7. The molecule has 1 heterocycles. The van der Waals surface area contributed by atoms with Crippen LogP contribution < -0.4 is 4.74 Å². The van der Waals surface area contributed by atoms with Gasteiger partial charge >= 0.3 is 0 Å². The van der Waals surface area contributed by atoms with Gasteiger partial charge in [-0.15, -0.1) is 11.3 Å². The number of nitrogens with zero attached hydrogens (tertiary/aromatic N) is 2. The normalized spacial score (nSPS) is 10.1. The first-order valence-corrected chi connectivity index (χ1v) is 7.52. The van der Waals surface area contributed by atoms with Crippen LogP contribution >= 0.6 is 11.3 Å². The van der Waals surface area contributed by atoms with Crippen LogP contribution in [0.5, 0.6) is 5.75 Å². The van der Waals surface area contributed by atoms with Crippen LogP contribution in [0.4, 0.5) is 5.69 Å². The lowest BCUT2D eigenvalue weighted by Crippen LogP contribution is -2.30. The Balaban J connectivity index is 1.98. The van der Waals surface area contributed by atoms with Gasteiger partial charge in [-0.3, -0.25) is 19.7 Å². The fourth-order valence-electron chi connectivity index (χ4n) is 1.85. The number of likely N-dealkylation sites (N-methyl/N-ethyl adjacent to an activating group) is 1. The van der Waals surface area contributed by atoms with Crippen LogP contribution in [0.15, 0.2) is 35.7 Å². The third kappa shape index (κ3) is 4.36. The molecule has 1 aromatic carbocycles. The number of thiophene rings is 1. The predicted octanol–water partition coefficient (Wildman–Crippen LogP) is 2.51. The molecule has 8 heteroatoms. The summed E-state index contributed by atoms with van der Waals surface area (Å²) in [6.07, 6.45) is 0.460. The van der Waals surface area contributed by atoms with Gasteiger partial charge in [-0.2, -0.15) is 0 Å². The van der Waals surface area contributed by atoms with Gasteiger partial charge in [-0.1, -0.05) is 6.07 Å². The van der Waals surface area contributed by atoms with Gasteiger partial charge in [0.25, 0.3) is 11.6 Å². The van der Waals surface area contributed by atoms with Crippen molar-refractivity contribution in [2.75, 3.05) is 13.7 Å². The summed E-state index contributed by atoms with van der Waals surface area (Å²) in [4.78, 5) is 35.7. The van der Waals surface area contributed by atoms with Crippen molar-refractivity contribution in [3.05, 3.63) is 56.3 Å². The highest BCUT2D eigenvalue weighted by Gasteiger charge is 2.14. The van der Waals surface area contributed by atoms with Crippen LogP contribution in [0, 0.1) is 10.1 Å². The molecule has 0 atom stereocenters. The average Bonchev–Trinajstić information content (AvgIpc) is 3.05. The molecule has 0 spiro atoms. The number of ether oxygens (including phenoxy) is 1. The predicted molar refractivity (Wildman–Crippen MR) is 84.8 cm³/mol. The second-order valence-electron chi connectivity index (χ2n) is 4.71. The lowest BCUT2D eigenvalue weighted by Gasteiger charge is -2.17. The van der Waals surface area contributed by atoms with Gasteiger partial charge in [0, 0.05) is 24.1 Å². The summed E-state index contributed by atoms with van der Waals surface area (Å²) in [5.41, 5.74) is -0.173. The lowest BCUT2D eigenvalue weighted by atomic mass is 10.2. The van der Waals surface area contributed by atoms with Crippen molar-refractivity contribution in [2.24, 2.45) is 0 Å². The van der Waals surface area contributed by atoms with Crippen molar-refractivity contribution in [1.82, 2.24) is 4.90 Å². The van der Waals surface area contributed by atoms with Crippen molar-refractivity contribution in [1.29, 1.82) is 0 Å². The van der Waals surface area contributed by atoms with E-state index < -0.39 is 4.92 Å². The molecule has 2 aromatic rings. The van der Waals surface area contributed by atoms with Gasteiger partial charge in [-0.05, 0) is 17.5 Å². The highest BCUT2D eigenvalue weighted by atomic mass is 32.1. The zero-order chi connectivity index (χ0) is 16.8. The van der Waals surface area contributed by atoms with E-state index in [1.807, 2.05) is 17.5 Å². The number of amides is 1. The molecule has 0 aliphatic carbocycles. The Morgan fingerprint density at radius 2 is 2.22 bits per heavy atom. The fraction of sp³-hybridized carbons (Fsp3) is 0.200. The largest absolute Gasteiger partial charge is 0.483 e. The van der Waals surface area contributed by atoms with Crippen LogP contribution in [0.25, 0.3) is 0 Å². The Kier molecular flexibility index (Phi) is 5.42. The number of nitro groups is 1. The Hall–Kier alpha value is -2.74. The van der Waals surface area contributed by atoms with E-state index in [0.717, 1.165) is 10.9 Å². The van der Waals surface area contributed by atoms with E-state index in [2.05, 4.69) is 0 Å². The summed E-state index contributed by atoms with van der Waals surface area (Å²) in [5, 5.41) is 12.6. The molecule has 1 amide bonds. The van der Waals surface area contributed by atoms with E-state index in [-0.39, 0.29) is 29.5 Å². The van der Waals surface area contributed by atoms with Gasteiger partial charge < -0.3 is 9.64 Å². The van der Waals surface area contributed by atoms with Crippen LogP contribution in [-0.4, -0.2) is 35.7 Å². The number of aldehydes is 1. The number of hydrogen-bond donors (Lipinski definition) is 0. The summed E-state index contributed by atoms with van der Waals surface area (Å²) in [6.45, 7) is 0.223. The molecule has 0 N–H and O–H groups in total. The minimum Gasteiger partial charge on any atom is -0.483 e. The molecule has 0 saturated carbocycles. The molecule has 0 aliphatic rings. The van der Waals surface area contributed by atoms with E-state index in [1.54, 1.807) is 18.4 Å². The standard InChI is InChI=1S/C15H14N2O5S/c1-16(8-13-3-2-6-23-13)15(19)10-22-14-5-4-12(17(20)21)7-11(14)9-18/h2-7,9H,8,10H2,1H3. The van der Waals surface area contributed by atoms with Gasteiger partial charge in [0.15, 0.2) is 12.9 Å². The van der Waals surface area contributed by atoms with Crippen molar-refractivity contribution in [3.63, 3.8) is 0 Å². The third-order valence-corrected chi connectivity index (χ3v) is 3.94. The molecular formula is C15H14N2O5S. The maximum absolute atomic E-state index is 12.0. The number of benzene rings is 1. The van der Waals surface area contributed by atoms with E-state index in [1.165, 1.54) is 17.0 Å². The molecule has 2 rings (SSSR count). The summed E-state index contributed by atoms with van der Waals surface area (Å²) in [5.74, 6) is -0.114. The van der Waals surface area contributed by atoms with E-state index in [4.69, 9.17) is 4.74 Å². The topological polar surface area (TPSA) is 89.8 Å². The minimum atomic E-state index is -0.600. The van der Waals surface area contributed by atoms with Crippen molar-refractivity contribution < 1.29 is 19.2 Å². The van der Waals surface area contributed by atoms with Crippen molar-refractivity contribution in [3.8, 4) is 5.75 Å². The lowest BCUT2D eigenvalue weighted by molar-refractivity contribution is -0.384. The molecule has 0 saturated heterocycles. The van der Waals surface area contributed by atoms with E-state index in [9.17, 15) is 19.7 Å². The summed E-state index contributed by atoms with van der Waals surface area (Å²) in [6, 6.07) is 7.48. The number of carbonyl (C=O) groups is 2. The molecule has 1 aromatic heterocycles. The quantitative estimate of drug-likeness (QED) is 0.441. The van der Waals surface area contributed by atoms with Gasteiger partial charge in [0.05, 0.1) is 17.0 Å². The smallest absolute Gasteiger partial charge is 0.270 e. The Labute approximate surface area is 136 Å². The molecule has 0 bridgehead atoms. The Morgan fingerprint density at radius 3 is 2.83 bits per heavy atom. The molecular weight excluding hydrogens is 320 g/mol. The number of hydrogen-bond acceptors (Lipinski definition) is 6. The number of nitro benzene ring substituents is 1.